The summed E-state index contributed by atoms with van der Waals surface area (Å²) in [4.78, 5) is 8.60. The van der Waals surface area contributed by atoms with Crippen molar-refractivity contribution in [3.05, 3.63) is 54.0 Å². The van der Waals surface area contributed by atoms with Gasteiger partial charge >= 0.3 is 0 Å². The lowest BCUT2D eigenvalue weighted by Crippen LogP contribution is -1.90. The lowest BCUT2D eigenvalue weighted by atomic mass is 10.2. The standard InChI is InChI=1S/C13H9ClN4/c1-2-9-7-12-16-13(17-18(12)8-15-9)10-5-3-4-6-11(10)14/h2-8H,1H2. The predicted molar refractivity (Wildman–Crippen MR) is 71.3 cm³/mol. The molecule has 0 spiro atoms. The predicted octanol–water partition coefficient (Wildman–Crippen LogP) is 3.09. The Balaban J connectivity index is 2.19. The van der Waals surface area contributed by atoms with Crippen LogP contribution in [0.15, 0.2) is 43.2 Å². The summed E-state index contributed by atoms with van der Waals surface area (Å²) in [6, 6.07) is 9.30. The molecule has 4 nitrogen and oxygen atoms in total. The normalized spacial score (nSPS) is 10.7. The smallest absolute Gasteiger partial charge is 0.183 e. The van der Waals surface area contributed by atoms with Crippen LogP contribution in [-0.2, 0) is 0 Å². The van der Waals surface area contributed by atoms with Crippen LogP contribution >= 0.6 is 11.6 Å². The molecule has 0 amide bonds. The Morgan fingerprint density at radius 2 is 2.11 bits per heavy atom. The SMILES string of the molecule is C=Cc1cc2nc(-c3ccccc3Cl)nn2cn1. The first-order valence-corrected chi connectivity index (χ1v) is 5.75. The van der Waals surface area contributed by atoms with Gasteiger partial charge in [-0.15, -0.1) is 5.10 Å². The summed E-state index contributed by atoms with van der Waals surface area (Å²) in [5.41, 5.74) is 2.29. The summed E-state index contributed by atoms with van der Waals surface area (Å²) in [6.07, 6.45) is 3.28. The fraction of sp³-hybridized carbons (Fsp3) is 0. The maximum Gasteiger partial charge on any atom is 0.183 e. The van der Waals surface area contributed by atoms with Crippen LogP contribution in [0.1, 0.15) is 5.69 Å². The van der Waals surface area contributed by atoms with E-state index in [1.807, 2.05) is 30.3 Å². The summed E-state index contributed by atoms with van der Waals surface area (Å²) < 4.78 is 1.62. The van der Waals surface area contributed by atoms with Gasteiger partial charge in [0, 0.05) is 11.6 Å². The molecule has 0 atom stereocenters. The van der Waals surface area contributed by atoms with Gasteiger partial charge in [0.15, 0.2) is 11.5 Å². The van der Waals surface area contributed by atoms with Gasteiger partial charge in [0.25, 0.3) is 0 Å². The van der Waals surface area contributed by atoms with Crippen molar-refractivity contribution in [2.45, 2.75) is 0 Å². The molecule has 1 aromatic carbocycles. The van der Waals surface area contributed by atoms with E-state index in [-0.39, 0.29) is 0 Å². The molecule has 18 heavy (non-hydrogen) atoms. The average Bonchev–Trinajstić information content (AvgIpc) is 2.81. The zero-order chi connectivity index (χ0) is 12.5. The molecule has 0 saturated carbocycles. The molecule has 0 saturated heterocycles. The van der Waals surface area contributed by atoms with E-state index < -0.39 is 0 Å². The number of nitrogens with zero attached hydrogens (tertiary/aromatic N) is 4. The van der Waals surface area contributed by atoms with E-state index in [2.05, 4.69) is 21.6 Å². The highest BCUT2D eigenvalue weighted by Gasteiger charge is 2.09. The van der Waals surface area contributed by atoms with Crippen molar-refractivity contribution < 1.29 is 0 Å². The lowest BCUT2D eigenvalue weighted by molar-refractivity contribution is 0.922. The van der Waals surface area contributed by atoms with Gasteiger partial charge in [0.1, 0.15) is 6.33 Å². The van der Waals surface area contributed by atoms with E-state index in [0.717, 1.165) is 16.9 Å². The van der Waals surface area contributed by atoms with Crippen molar-refractivity contribution in [2.24, 2.45) is 0 Å². The van der Waals surface area contributed by atoms with E-state index in [4.69, 9.17) is 11.6 Å². The van der Waals surface area contributed by atoms with Crippen LogP contribution in [0.4, 0.5) is 0 Å². The molecule has 3 rings (SSSR count). The molecule has 0 fully saturated rings. The van der Waals surface area contributed by atoms with Gasteiger partial charge in [-0.2, -0.15) is 0 Å². The van der Waals surface area contributed by atoms with Crippen LogP contribution in [0, 0.1) is 0 Å². The summed E-state index contributed by atoms with van der Waals surface area (Å²) >= 11 is 6.12. The molecule has 0 radical (unpaired) electrons. The fourth-order valence-electron chi connectivity index (χ4n) is 1.68. The summed E-state index contributed by atoms with van der Waals surface area (Å²) in [5, 5.41) is 4.97. The highest BCUT2D eigenvalue weighted by molar-refractivity contribution is 6.33. The number of aromatic nitrogens is 4. The third-order valence-electron chi connectivity index (χ3n) is 2.57. The van der Waals surface area contributed by atoms with Crippen LogP contribution in [0.3, 0.4) is 0 Å². The van der Waals surface area contributed by atoms with Crippen LogP contribution < -0.4 is 0 Å². The second-order valence-electron chi connectivity index (χ2n) is 3.74. The molecule has 3 aromatic rings. The van der Waals surface area contributed by atoms with Gasteiger partial charge < -0.3 is 0 Å². The van der Waals surface area contributed by atoms with E-state index in [1.54, 1.807) is 16.9 Å². The van der Waals surface area contributed by atoms with Crippen LogP contribution in [0.5, 0.6) is 0 Å². The van der Waals surface area contributed by atoms with Crippen molar-refractivity contribution in [1.29, 1.82) is 0 Å². The summed E-state index contributed by atoms with van der Waals surface area (Å²) in [7, 11) is 0. The minimum atomic E-state index is 0.587. The fourth-order valence-corrected chi connectivity index (χ4v) is 1.90. The van der Waals surface area contributed by atoms with Crippen molar-refractivity contribution in [3.63, 3.8) is 0 Å². The molecule has 0 aliphatic carbocycles. The van der Waals surface area contributed by atoms with Gasteiger partial charge in [-0.3, -0.25) is 0 Å². The molecule has 2 heterocycles. The quantitative estimate of drug-likeness (QED) is 0.708. The number of benzene rings is 1. The Hall–Kier alpha value is -2.20. The maximum atomic E-state index is 6.12. The van der Waals surface area contributed by atoms with E-state index in [1.165, 1.54) is 0 Å². The summed E-state index contributed by atoms with van der Waals surface area (Å²) in [5.74, 6) is 0.587. The van der Waals surface area contributed by atoms with Gasteiger partial charge in [0.2, 0.25) is 0 Å². The van der Waals surface area contributed by atoms with Crippen LogP contribution in [0.2, 0.25) is 5.02 Å². The van der Waals surface area contributed by atoms with Gasteiger partial charge in [-0.25, -0.2) is 14.5 Å². The molecule has 0 bridgehead atoms. The van der Waals surface area contributed by atoms with Crippen LogP contribution in [0.25, 0.3) is 23.1 Å². The van der Waals surface area contributed by atoms with E-state index in [0.29, 0.717) is 10.8 Å². The topological polar surface area (TPSA) is 43.1 Å². The second-order valence-corrected chi connectivity index (χ2v) is 4.14. The molecule has 0 N–H and O–H groups in total. The molecule has 2 aromatic heterocycles. The zero-order valence-electron chi connectivity index (χ0n) is 9.42. The molecule has 5 heteroatoms. The molecular formula is C13H9ClN4. The molecule has 88 valence electrons. The number of halogens is 1. The number of rotatable bonds is 2. The van der Waals surface area contributed by atoms with Gasteiger partial charge in [0.05, 0.1) is 10.7 Å². The molecule has 0 aliphatic rings. The van der Waals surface area contributed by atoms with Crippen molar-refractivity contribution in [2.75, 3.05) is 0 Å². The highest BCUT2D eigenvalue weighted by Crippen LogP contribution is 2.24. The Morgan fingerprint density at radius 3 is 2.89 bits per heavy atom. The minimum absolute atomic E-state index is 0.587. The largest absolute Gasteiger partial charge is 0.237 e. The zero-order valence-corrected chi connectivity index (χ0v) is 10.2. The van der Waals surface area contributed by atoms with E-state index in [9.17, 15) is 0 Å². The first-order valence-electron chi connectivity index (χ1n) is 5.38. The lowest BCUT2D eigenvalue weighted by Gasteiger charge is -1.96. The van der Waals surface area contributed by atoms with Crippen molar-refractivity contribution in [3.8, 4) is 11.4 Å². The Kier molecular flexibility index (Phi) is 2.57. The summed E-state index contributed by atoms with van der Waals surface area (Å²) in [6.45, 7) is 3.68. The Bertz CT molecular complexity index is 733. The second kappa shape index (κ2) is 4.23. The van der Waals surface area contributed by atoms with Crippen LogP contribution in [-0.4, -0.2) is 19.6 Å². The third-order valence-corrected chi connectivity index (χ3v) is 2.90. The van der Waals surface area contributed by atoms with E-state index >= 15 is 0 Å². The third kappa shape index (κ3) is 1.76. The molecular weight excluding hydrogens is 248 g/mol. The number of hydrogen-bond acceptors (Lipinski definition) is 3. The van der Waals surface area contributed by atoms with Gasteiger partial charge in [-0.1, -0.05) is 30.3 Å². The molecule has 0 unspecified atom stereocenters. The average molecular weight is 257 g/mol. The monoisotopic (exact) mass is 256 g/mol. The maximum absolute atomic E-state index is 6.12. The number of hydrogen-bond donors (Lipinski definition) is 0. The minimum Gasteiger partial charge on any atom is -0.237 e. The first-order chi connectivity index (χ1) is 8.78. The first kappa shape index (κ1) is 10.9. The Labute approximate surface area is 109 Å². The van der Waals surface area contributed by atoms with Gasteiger partial charge in [-0.05, 0) is 18.2 Å². The number of fused-ring (bicyclic) bond motifs is 1. The highest BCUT2D eigenvalue weighted by atomic mass is 35.5. The molecule has 0 aliphatic heterocycles. The van der Waals surface area contributed by atoms with Crippen molar-refractivity contribution >= 4 is 23.3 Å². The Morgan fingerprint density at radius 1 is 1.28 bits per heavy atom. The van der Waals surface area contributed by atoms with Crippen molar-refractivity contribution in [1.82, 2.24) is 19.6 Å².